The molecular weight excluding hydrogens is 238 g/mol. The Morgan fingerprint density at radius 3 is 2.47 bits per heavy atom. The molecule has 7 atom stereocenters. The van der Waals surface area contributed by atoms with Crippen molar-refractivity contribution in [3.8, 4) is 0 Å². The molecule has 0 aromatic rings. The van der Waals surface area contributed by atoms with Gasteiger partial charge in [0.25, 0.3) is 0 Å². The van der Waals surface area contributed by atoms with Crippen molar-refractivity contribution in [1.82, 2.24) is 5.32 Å². The van der Waals surface area contributed by atoms with E-state index in [4.69, 9.17) is 0 Å². The zero-order chi connectivity index (χ0) is 13.6. The molecular formula is C16H27NO2. The van der Waals surface area contributed by atoms with Crippen molar-refractivity contribution in [2.45, 2.75) is 64.5 Å². The highest BCUT2D eigenvalue weighted by atomic mass is 16.4. The lowest BCUT2D eigenvalue weighted by atomic mass is 9.77. The summed E-state index contributed by atoms with van der Waals surface area (Å²) >= 11 is 0. The number of fused-ring (bicyclic) bond motifs is 2. The first-order chi connectivity index (χ1) is 9.06. The normalized spacial score (nSPS) is 49.5. The highest BCUT2D eigenvalue weighted by molar-refractivity contribution is 5.72. The van der Waals surface area contributed by atoms with Crippen LogP contribution in [0.1, 0.15) is 52.4 Å². The van der Waals surface area contributed by atoms with Crippen LogP contribution in [0.15, 0.2) is 0 Å². The molecule has 0 aliphatic heterocycles. The van der Waals surface area contributed by atoms with Gasteiger partial charge in [-0.05, 0) is 62.2 Å². The first-order valence-electron chi connectivity index (χ1n) is 8.05. The van der Waals surface area contributed by atoms with Crippen LogP contribution in [0.2, 0.25) is 0 Å². The lowest BCUT2D eigenvalue weighted by molar-refractivity contribution is -0.144. The molecule has 0 spiro atoms. The molecule has 3 aliphatic rings. The van der Waals surface area contributed by atoms with Gasteiger partial charge in [0.15, 0.2) is 0 Å². The van der Waals surface area contributed by atoms with Crippen molar-refractivity contribution in [2.24, 2.45) is 29.6 Å². The Hall–Kier alpha value is -0.570. The molecule has 0 aromatic heterocycles. The summed E-state index contributed by atoms with van der Waals surface area (Å²) < 4.78 is 0. The van der Waals surface area contributed by atoms with Crippen molar-refractivity contribution in [2.75, 3.05) is 0 Å². The summed E-state index contributed by atoms with van der Waals surface area (Å²) in [6.07, 6.45) is 7.33. The lowest BCUT2D eigenvalue weighted by Crippen LogP contribution is -2.51. The number of carboxylic acid groups (broad SMARTS) is 1. The van der Waals surface area contributed by atoms with Crippen molar-refractivity contribution in [1.29, 1.82) is 0 Å². The minimum atomic E-state index is -0.568. The van der Waals surface area contributed by atoms with Gasteiger partial charge in [-0.2, -0.15) is 0 Å². The maximum Gasteiger partial charge on any atom is 0.308 e. The second-order valence-corrected chi connectivity index (χ2v) is 7.39. The predicted molar refractivity (Wildman–Crippen MR) is 74.8 cm³/mol. The molecule has 2 N–H and O–H groups in total. The molecule has 0 saturated heterocycles. The largest absolute Gasteiger partial charge is 0.481 e. The van der Waals surface area contributed by atoms with Crippen molar-refractivity contribution in [3.63, 3.8) is 0 Å². The second-order valence-electron chi connectivity index (χ2n) is 7.39. The van der Waals surface area contributed by atoms with Crippen LogP contribution in [0.5, 0.6) is 0 Å². The highest BCUT2D eigenvalue weighted by Crippen LogP contribution is 2.49. The Kier molecular flexibility index (Phi) is 3.59. The van der Waals surface area contributed by atoms with E-state index in [0.29, 0.717) is 23.8 Å². The number of nitrogens with one attached hydrogen (secondary N) is 1. The molecule has 7 unspecified atom stereocenters. The Morgan fingerprint density at radius 1 is 1.05 bits per heavy atom. The number of hydrogen-bond donors (Lipinski definition) is 2. The summed E-state index contributed by atoms with van der Waals surface area (Å²) in [5, 5.41) is 13.3. The van der Waals surface area contributed by atoms with Gasteiger partial charge in [0.05, 0.1) is 5.92 Å². The smallest absolute Gasteiger partial charge is 0.308 e. The standard InChI is InChI=1S/C16H27NO2/c1-9-3-6-13(10(2)7-9)17-15-12-5-4-11(8-12)14(15)16(18)19/h9-15,17H,3-8H2,1-2H3,(H,18,19). The number of carbonyl (C=O) groups is 1. The van der Waals surface area contributed by atoms with E-state index in [1.165, 1.54) is 25.7 Å². The van der Waals surface area contributed by atoms with Crippen molar-refractivity contribution in [3.05, 3.63) is 0 Å². The molecule has 2 bridgehead atoms. The Morgan fingerprint density at radius 2 is 1.79 bits per heavy atom. The summed E-state index contributed by atoms with van der Waals surface area (Å²) in [5.74, 6) is 1.91. The fourth-order valence-corrected chi connectivity index (χ4v) is 5.05. The minimum Gasteiger partial charge on any atom is -0.481 e. The molecule has 108 valence electrons. The monoisotopic (exact) mass is 265 g/mol. The topological polar surface area (TPSA) is 49.3 Å². The molecule has 3 nitrogen and oxygen atoms in total. The molecule has 0 radical (unpaired) electrons. The van der Waals surface area contributed by atoms with Gasteiger partial charge in [-0.3, -0.25) is 4.79 Å². The van der Waals surface area contributed by atoms with Crippen LogP contribution in [0, 0.1) is 29.6 Å². The van der Waals surface area contributed by atoms with Crippen LogP contribution in [0.4, 0.5) is 0 Å². The van der Waals surface area contributed by atoms with E-state index >= 15 is 0 Å². The van der Waals surface area contributed by atoms with E-state index in [0.717, 1.165) is 18.8 Å². The van der Waals surface area contributed by atoms with Crippen LogP contribution in [0.25, 0.3) is 0 Å². The number of rotatable bonds is 3. The van der Waals surface area contributed by atoms with Gasteiger partial charge in [-0.15, -0.1) is 0 Å². The van der Waals surface area contributed by atoms with E-state index in [1.54, 1.807) is 0 Å². The predicted octanol–water partition coefficient (Wildman–Crippen LogP) is 2.90. The number of aliphatic carboxylic acids is 1. The summed E-state index contributed by atoms with van der Waals surface area (Å²) in [6, 6.07) is 0.791. The zero-order valence-electron chi connectivity index (χ0n) is 12.1. The third-order valence-electron chi connectivity index (χ3n) is 6.04. The SMILES string of the molecule is CC1CCC(NC2C3CCC(C3)C2C(=O)O)C(C)C1. The fraction of sp³-hybridized carbons (Fsp3) is 0.938. The molecule has 3 fully saturated rings. The van der Waals surface area contributed by atoms with Gasteiger partial charge in [-0.25, -0.2) is 0 Å². The third-order valence-corrected chi connectivity index (χ3v) is 6.04. The fourth-order valence-electron chi connectivity index (χ4n) is 5.05. The van der Waals surface area contributed by atoms with Crippen molar-refractivity contribution >= 4 is 5.97 Å². The van der Waals surface area contributed by atoms with Gasteiger partial charge < -0.3 is 10.4 Å². The molecule has 3 saturated carbocycles. The summed E-state index contributed by atoms with van der Waals surface area (Å²) in [4.78, 5) is 11.5. The van der Waals surface area contributed by atoms with Gasteiger partial charge in [-0.1, -0.05) is 13.8 Å². The quantitative estimate of drug-likeness (QED) is 0.825. The third kappa shape index (κ3) is 2.42. The minimum absolute atomic E-state index is 0.120. The Balaban J connectivity index is 1.67. The molecule has 0 amide bonds. The molecule has 3 heteroatoms. The van der Waals surface area contributed by atoms with Crippen molar-refractivity contribution < 1.29 is 9.90 Å². The molecule has 3 rings (SSSR count). The lowest BCUT2D eigenvalue weighted by Gasteiger charge is -2.39. The zero-order valence-corrected chi connectivity index (χ0v) is 12.1. The molecule has 19 heavy (non-hydrogen) atoms. The van der Waals surface area contributed by atoms with Crippen LogP contribution in [-0.2, 0) is 4.79 Å². The highest BCUT2D eigenvalue weighted by Gasteiger charge is 2.51. The van der Waals surface area contributed by atoms with Gasteiger partial charge in [0.1, 0.15) is 0 Å². The average Bonchev–Trinajstić information content (AvgIpc) is 2.92. The number of hydrogen-bond acceptors (Lipinski definition) is 2. The summed E-state index contributed by atoms with van der Waals surface area (Å²) in [6.45, 7) is 4.67. The van der Waals surface area contributed by atoms with Crippen LogP contribution in [0.3, 0.4) is 0 Å². The van der Waals surface area contributed by atoms with Crippen LogP contribution < -0.4 is 5.32 Å². The Bertz CT molecular complexity index is 357. The molecule has 0 aromatic carbocycles. The average molecular weight is 265 g/mol. The molecule has 3 aliphatic carbocycles. The second kappa shape index (κ2) is 5.08. The van der Waals surface area contributed by atoms with E-state index in [2.05, 4.69) is 19.2 Å². The first kappa shape index (κ1) is 13.4. The van der Waals surface area contributed by atoms with Crippen LogP contribution in [-0.4, -0.2) is 23.2 Å². The summed E-state index contributed by atoms with van der Waals surface area (Å²) in [7, 11) is 0. The maximum absolute atomic E-state index is 11.5. The Labute approximate surface area is 116 Å². The van der Waals surface area contributed by atoms with E-state index in [-0.39, 0.29) is 12.0 Å². The van der Waals surface area contributed by atoms with E-state index < -0.39 is 5.97 Å². The van der Waals surface area contributed by atoms with Crippen LogP contribution >= 0.6 is 0 Å². The maximum atomic E-state index is 11.5. The van der Waals surface area contributed by atoms with E-state index in [1.807, 2.05) is 0 Å². The number of carboxylic acids is 1. The molecule has 0 heterocycles. The first-order valence-corrected chi connectivity index (χ1v) is 8.05. The van der Waals surface area contributed by atoms with Gasteiger partial charge in [0, 0.05) is 12.1 Å². The summed E-state index contributed by atoms with van der Waals surface area (Å²) in [5.41, 5.74) is 0. The van der Waals surface area contributed by atoms with E-state index in [9.17, 15) is 9.90 Å². The van der Waals surface area contributed by atoms with Gasteiger partial charge in [0.2, 0.25) is 0 Å². The van der Waals surface area contributed by atoms with Gasteiger partial charge >= 0.3 is 5.97 Å².